The lowest BCUT2D eigenvalue weighted by Crippen LogP contribution is -2.33. The van der Waals surface area contributed by atoms with Gasteiger partial charge in [0.15, 0.2) is 6.30 Å². The van der Waals surface area contributed by atoms with Crippen LogP contribution in [0.3, 0.4) is 0 Å². The maximum absolute atomic E-state index is 12.7. The zero-order valence-electron chi connectivity index (χ0n) is 7.26. The van der Waals surface area contributed by atoms with Crippen molar-refractivity contribution >= 4 is 0 Å². The van der Waals surface area contributed by atoms with Crippen LogP contribution in [0, 0.1) is 5.92 Å². The van der Waals surface area contributed by atoms with E-state index in [1.807, 2.05) is 6.20 Å². The normalized spacial score (nSPS) is 20.8. The van der Waals surface area contributed by atoms with Crippen molar-refractivity contribution in [3.8, 4) is 0 Å². The predicted molar refractivity (Wildman–Crippen MR) is 43.3 cm³/mol. The van der Waals surface area contributed by atoms with Crippen LogP contribution in [-0.2, 0) is 0 Å². The summed E-state index contributed by atoms with van der Waals surface area (Å²) < 4.78 is 12.7. The highest BCUT2D eigenvalue weighted by molar-refractivity contribution is 5.10. The maximum Gasteiger partial charge on any atom is 0.182 e. The Morgan fingerprint density at radius 3 is 2.45 bits per heavy atom. The van der Waals surface area contributed by atoms with Gasteiger partial charge in [-0.2, -0.15) is 0 Å². The van der Waals surface area contributed by atoms with Crippen LogP contribution in [0.2, 0.25) is 0 Å². The second-order valence-electron chi connectivity index (χ2n) is 3.17. The van der Waals surface area contributed by atoms with Gasteiger partial charge in [0.2, 0.25) is 0 Å². The summed E-state index contributed by atoms with van der Waals surface area (Å²) in [5.41, 5.74) is 4.21. The first-order valence-electron chi connectivity index (χ1n) is 3.97. The van der Waals surface area contributed by atoms with E-state index in [0.29, 0.717) is 5.92 Å². The molecule has 0 saturated heterocycles. The number of hydrogen-bond acceptors (Lipinski definition) is 2. The topological polar surface area (TPSA) is 15.3 Å². The number of rotatable bonds is 2. The number of nitrogens with zero attached hydrogens (tertiary/aromatic N) is 1. The third-order valence-corrected chi connectivity index (χ3v) is 1.90. The van der Waals surface area contributed by atoms with E-state index in [-0.39, 0.29) is 0 Å². The first-order valence-corrected chi connectivity index (χ1v) is 3.97. The van der Waals surface area contributed by atoms with E-state index in [1.54, 1.807) is 0 Å². The molecule has 1 aliphatic heterocycles. The quantitative estimate of drug-likeness (QED) is 0.615. The molecule has 0 aromatic rings. The highest BCUT2D eigenvalue weighted by atomic mass is 19.1. The molecule has 1 heterocycles. The Labute approximate surface area is 67.0 Å². The van der Waals surface area contributed by atoms with Gasteiger partial charge in [0.25, 0.3) is 0 Å². The Morgan fingerprint density at radius 2 is 2.18 bits per heavy atom. The Bertz CT molecular complexity index is 163. The minimum atomic E-state index is -0.939. The molecular formula is C8H15FN2. The summed E-state index contributed by atoms with van der Waals surface area (Å²) in [6.45, 7) is 6.53. The van der Waals surface area contributed by atoms with Crippen molar-refractivity contribution in [3.05, 3.63) is 11.8 Å². The molecule has 0 aliphatic carbocycles. The largest absolute Gasteiger partial charge is 0.283 e. The highest BCUT2D eigenvalue weighted by Gasteiger charge is 2.17. The molecule has 64 valence electrons. The summed E-state index contributed by atoms with van der Waals surface area (Å²) in [6, 6.07) is 0. The van der Waals surface area contributed by atoms with Crippen LogP contribution in [0.4, 0.5) is 4.39 Å². The fourth-order valence-corrected chi connectivity index (χ4v) is 1.03. The fraction of sp³-hybridized carbons (Fsp3) is 0.750. The van der Waals surface area contributed by atoms with Crippen molar-refractivity contribution in [1.82, 2.24) is 10.4 Å². The minimum Gasteiger partial charge on any atom is -0.283 e. The lowest BCUT2D eigenvalue weighted by atomic mass is 10.1. The molecule has 0 spiro atoms. The first-order chi connectivity index (χ1) is 5.11. The van der Waals surface area contributed by atoms with Crippen molar-refractivity contribution < 1.29 is 4.39 Å². The van der Waals surface area contributed by atoms with E-state index in [9.17, 15) is 4.39 Å². The first kappa shape index (κ1) is 8.53. The molecule has 1 rings (SSSR count). The second-order valence-corrected chi connectivity index (χ2v) is 3.17. The number of hydrogen-bond donors (Lipinski definition) is 1. The Kier molecular flexibility index (Phi) is 2.49. The van der Waals surface area contributed by atoms with E-state index < -0.39 is 6.30 Å². The molecule has 0 amide bonds. The molecule has 0 aromatic heterocycles. The zero-order chi connectivity index (χ0) is 8.43. The molecule has 3 heteroatoms. The van der Waals surface area contributed by atoms with Crippen LogP contribution in [0.15, 0.2) is 11.8 Å². The highest BCUT2D eigenvalue weighted by Crippen LogP contribution is 2.15. The number of halogens is 1. The van der Waals surface area contributed by atoms with Crippen LogP contribution in [0.1, 0.15) is 20.8 Å². The van der Waals surface area contributed by atoms with Gasteiger partial charge in [-0.1, -0.05) is 13.8 Å². The molecule has 2 nitrogen and oxygen atoms in total. The third-order valence-electron chi connectivity index (χ3n) is 1.90. The summed E-state index contributed by atoms with van der Waals surface area (Å²) in [5, 5.41) is 1.51. The van der Waals surface area contributed by atoms with Gasteiger partial charge in [0.1, 0.15) is 0 Å². The molecular weight excluding hydrogens is 143 g/mol. The van der Waals surface area contributed by atoms with Crippen LogP contribution in [0.5, 0.6) is 0 Å². The molecule has 1 atom stereocenters. The van der Waals surface area contributed by atoms with Gasteiger partial charge < -0.3 is 0 Å². The predicted octanol–water partition coefficient (Wildman–Crippen LogP) is 1.66. The van der Waals surface area contributed by atoms with E-state index in [0.717, 1.165) is 6.54 Å². The summed E-state index contributed by atoms with van der Waals surface area (Å²) in [7, 11) is 0. The monoisotopic (exact) mass is 158 g/mol. The van der Waals surface area contributed by atoms with E-state index in [1.165, 1.54) is 17.5 Å². The van der Waals surface area contributed by atoms with Crippen molar-refractivity contribution in [2.24, 2.45) is 5.92 Å². The Hall–Kier alpha value is -0.570. The van der Waals surface area contributed by atoms with Crippen molar-refractivity contribution in [1.29, 1.82) is 0 Å². The fourth-order valence-electron chi connectivity index (χ4n) is 1.03. The smallest absolute Gasteiger partial charge is 0.182 e. The lowest BCUT2D eigenvalue weighted by molar-refractivity contribution is 0.114. The standard InChI is InChI=1S/C8H15FN2/c1-6(2)8-4-10-11(5-8)7(3)9/h5-7,10H,4H2,1-3H3. The van der Waals surface area contributed by atoms with Gasteiger partial charge in [-0.05, 0) is 18.4 Å². The Morgan fingerprint density at radius 1 is 1.55 bits per heavy atom. The molecule has 0 aromatic carbocycles. The van der Waals surface area contributed by atoms with E-state index >= 15 is 0 Å². The molecule has 0 bridgehead atoms. The van der Waals surface area contributed by atoms with Gasteiger partial charge in [-0.25, -0.2) is 9.82 Å². The number of hydrazine groups is 1. The molecule has 0 fully saturated rings. The maximum atomic E-state index is 12.7. The van der Waals surface area contributed by atoms with Crippen molar-refractivity contribution in [2.45, 2.75) is 27.1 Å². The summed E-state index contributed by atoms with van der Waals surface area (Å²) in [4.78, 5) is 0. The van der Waals surface area contributed by atoms with Gasteiger partial charge >= 0.3 is 0 Å². The molecule has 11 heavy (non-hydrogen) atoms. The molecule has 1 N–H and O–H groups in total. The summed E-state index contributed by atoms with van der Waals surface area (Å²) in [6.07, 6.45) is 0.918. The Balaban J connectivity index is 2.54. The van der Waals surface area contributed by atoms with E-state index in [2.05, 4.69) is 19.3 Å². The number of nitrogens with one attached hydrogen (secondary N) is 1. The van der Waals surface area contributed by atoms with Crippen LogP contribution in [0.25, 0.3) is 0 Å². The number of alkyl halides is 1. The van der Waals surface area contributed by atoms with Crippen molar-refractivity contribution in [2.75, 3.05) is 6.54 Å². The van der Waals surface area contributed by atoms with Crippen LogP contribution in [-0.4, -0.2) is 17.8 Å². The summed E-state index contributed by atoms with van der Waals surface area (Å²) >= 11 is 0. The second kappa shape index (κ2) is 3.22. The van der Waals surface area contributed by atoms with Gasteiger partial charge in [-0.15, -0.1) is 0 Å². The van der Waals surface area contributed by atoms with Gasteiger partial charge in [0, 0.05) is 12.7 Å². The van der Waals surface area contributed by atoms with Crippen LogP contribution >= 0.6 is 0 Å². The molecule has 1 aliphatic rings. The zero-order valence-corrected chi connectivity index (χ0v) is 7.26. The average Bonchev–Trinajstić information content (AvgIpc) is 2.33. The SMILES string of the molecule is CC(C)C1=CN(C(C)F)NC1. The summed E-state index contributed by atoms with van der Waals surface area (Å²) in [5.74, 6) is 0.506. The van der Waals surface area contributed by atoms with Crippen molar-refractivity contribution in [3.63, 3.8) is 0 Å². The van der Waals surface area contributed by atoms with Crippen LogP contribution < -0.4 is 5.43 Å². The molecule has 0 radical (unpaired) electrons. The lowest BCUT2D eigenvalue weighted by Gasteiger charge is -2.16. The van der Waals surface area contributed by atoms with Gasteiger partial charge in [-0.3, -0.25) is 5.01 Å². The van der Waals surface area contributed by atoms with E-state index in [4.69, 9.17) is 0 Å². The van der Waals surface area contributed by atoms with Gasteiger partial charge in [0.05, 0.1) is 0 Å². The average molecular weight is 158 g/mol. The molecule has 0 saturated carbocycles. The third kappa shape index (κ3) is 1.93. The minimum absolute atomic E-state index is 0.506. The molecule has 1 unspecified atom stereocenters.